The summed E-state index contributed by atoms with van der Waals surface area (Å²) in [6.45, 7) is 10.6. The Hall–Kier alpha value is -5.27. The van der Waals surface area contributed by atoms with Crippen molar-refractivity contribution in [3.63, 3.8) is 0 Å². The molecule has 0 amide bonds. The van der Waals surface area contributed by atoms with Gasteiger partial charge in [-0.1, -0.05) is 61.1 Å². The normalized spacial score (nSPS) is 9.73. The van der Waals surface area contributed by atoms with Crippen LogP contribution >= 0.6 is 0 Å². The number of carbonyl (C=O) groups is 2. The molecule has 3 aromatic carbocycles. The highest BCUT2D eigenvalue weighted by atomic mass is 19.1. The van der Waals surface area contributed by atoms with Crippen molar-refractivity contribution >= 4 is 11.9 Å². The fraction of sp³-hybridized carbons (Fsp3) is 0.176. The van der Waals surface area contributed by atoms with Crippen molar-refractivity contribution in [2.75, 3.05) is 26.4 Å². The summed E-state index contributed by atoms with van der Waals surface area (Å²) in [5.74, 6) is 11.2. The first-order chi connectivity index (χ1) is 19.7. The van der Waals surface area contributed by atoms with Crippen LogP contribution in [0.5, 0.6) is 11.5 Å². The van der Waals surface area contributed by atoms with Gasteiger partial charge < -0.3 is 18.9 Å². The van der Waals surface area contributed by atoms with Crippen LogP contribution in [0.25, 0.3) is 0 Å². The predicted octanol–water partition coefficient (Wildman–Crippen LogP) is 5.62. The van der Waals surface area contributed by atoms with E-state index in [2.05, 4.69) is 36.8 Å². The summed E-state index contributed by atoms with van der Waals surface area (Å²) in [4.78, 5) is 23.0. The molecular weight excluding hydrogens is 523 g/mol. The molecule has 3 aromatic rings. The minimum Gasteiger partial charge on any atom is -0.489 e. The van der Waals surface area contributed by atoms with Gasteiger partial charge in [0.15, 0.2) is 0 Å². The molecule has 41 heavy (non-hydrogen) atoms. The number of esters is 2. The molecule has 7 heteroatoms. The number of halogens is 1. The number of ether oxygens (including phenoxy) is 4. The second kappa shape index (κ2) is 15.4. The second-order valence-corrected chi connectivity index (χ2v) is 8.72. The molecule has 0 atom stereocenters. The molecule has 0 aliphatic heterocycles. The van der Waals surface area contributed by atoms with E-state index in [0.29, 0.717) is 39.3 Å². The topological polar surface area (TPSA) is 71.1 Å². The quantitative estimate of drug-likeness (QED) is 0.141. The number of hydrogen-bond acceptors (Lipinski definition) is 6. The number of hydrogen-bond donors (Lipinski definition) is 0. The smallest absolute Gasteiger partial charge is 0.333 e. The molecule has 0 fully saturated rings. The third kappa shape index (κ3) is 9.76. The van der Waals surface area contributed by atoms with Crippen LogP contribution in [0.3, 0.4) is 0 Å². The number of para-hydroxylation sites is 2. The van der Waals surface area contributed by atoms with E-state index in [-0.39, 0.29) is 32.0 Å². The molecule has 0 unspecified atom stereocenters. The van der Waals surface area contributed by atoms with Crippen LogP contribution in [0.4, 0.5) is 4.39 Å². The summed E-state index contributed by atoms with van der Waals surface area (Å²) >= 11 is 0. The van der Waals surface area contributed by atoms with Crippen molar-refractivity contribution in [3.05, 3.63) is 119 Å². The zero-order chi connectivity index (χ0) is 29.6. The summed E-state index contributed by atoms with van der Waals surface area (Å²) in [5.41, 5.74) is 2.46. The first-order valence-electron chi connectivity index (χ1n) is 12.7. The summed E-state index contributed by atoms with van der Waals surface area (Å²) < 4.78 is 36.3. The molecule has 0 radical (unpaired) electrons. The lowest BCUT2D eigenvalue weighted by Crippen LogP contribution is -2.12. The first kappa shape index (κ1) is 30.3. The average Bonchev–Trinajstić information content (AvgIpc) is 2.96. The fourth-order valence-electron chi connectivity index (χ4n) is 3.18. The van der Waals surface area contributed by atoms with E-state index in [9.17, 15) is 14.0 Å². The zero-order valence-electron chi connectivity index (χ0n) is 22.9. The predicted molar refractivity (Wildman–Crippen MR) is 154 cm³/mol. The zero-order valence-corrected chi connectivity index (χ0v) is 22.9. The minimum absolute atomic E-state index is 0.0616. The summed E-state index contributed by atoms with van der Waals surface area (Å²) in [6, 6.07) is 18.8. The van der Waals surface area contributed by atoms with E-state index in [4.69, 9.17) is 18.9 Å². The van der Waals surface area contributed by atoms with Crippen LogP contribution in [0.2, 0.25) is 0 Å². The van der Waals surface area contributed by atoms with E-state index < -0.39 is 17.8 Å². The molecule has 6 nitrogen and oxygen atoms in total. The average molecular weight is 553 g/mol. The van der Waals surface area contributed by atoms with Crippen molar-refractivity contribution in [1.82, 2.24) is 0 Å². The molecule has 208 valence electrons. The molecule has 0 saturated carbocycles. The van der Waals surface area contributed by atoms with E-state index in [1.54, 1.807) is 68.4 Å². The summed E-state index contributed by atoms with van der Waals surface area (Å²) in [5, 5.41) is 0. The van der Waals surface area contributed by atoms with Gasteiger partial charge in [-0.05, 0) is 56.3 Å². The van der Waals surface area contributed by atoms with Crippen molar-refractivity contribution in [2.24, 2.45) is 0 Å². The fourth-order valence-corrected chi connectivity index (χ4v) is 3.18. The third-order valence-corrected chi connectivity index (χ3v) is 5.26. The van der Waals surface area contributed by atoms with E-state index in [0.717, 1.165) is 0 Å². The molecule has 0 saturated heterocycles. The molecule has 0 aromatic heterocycles. The first-order valence-corrected chi connectivity index (χ1v) is 12.7. The van der Waals surface area contributed by atoms with Crippen LogP contribution in [-0.4, -0.2) is 38.4 Å². The van der Waals surface area contributed by atoms with Gasteiger partial charge in [0.1, 0.15) is 43.7 Å². The van der Waals surface area contributed by atoms with Gasteiger partial charge in [-0.25, -0.2) is 14.0 Å². The highest BCUT2D eigenvalue weighted by Crippen LogP contribution is 2.19. The molecule has 0 heterocycles. The molecule has 0 bridgehead atoms. The highest BCUT2D eigenvalue weighted by molar-refractivity contribution is 5.87. The maximum Gasteiger partial charge on any atom is 0.333 e. The van der Waals surface area contributed by atoms with Crippen molar-refractivity contribution in [3.8, 4) is 35.2 Å². The molecule has 0 N–H and O–H groups in total. The number of benzene rings is 3. The Bertz CT molecular complexity index is 1560. The monoisotopic (exact) mass is 552 g/mol. The van der Waals surface area contributed by atoms with Gasteiger partial charge in [0.2, 0.25) is 0 Å². The molecule has 3 rings (SSSR count). The Kier molecular flexibility index (Phi) is 11.3. The summed E-state index contributed by atoms with van der Waals surface area (Å²) in [7, 11) is 0. The lowest BCUT2D eigenvalue weighted by atomic mass is 10.1. The van der Waals surface area contributed by atoms with Crippen molar-refractivity contribution in [2.45, 2.75) is 13.8 Å². The van der Waals surface area contributed by atoms with Crippen LogP contribution in [0, 0.1) is 29.5 Å². The van der Waals surface area contributed by atoms with Gasteiger partial charge >= 0.3 is 11.9 Å². The Morgan fingerprint density at radius 1 is 0.659 bits per heavy atom. The van der Waals surface area contributed by atoms with Gasteiger partial charge in [0, 0.05) is 16.7 Å². The number of carbonyl (C=O) groups excluding carboxylic acids is 2. The maximum atomic E-state index is 14.8. The number of rotatable bonds is 10. The van der Waals surface area contributed by atoms with Crippen LogP contribution in [0.15, 0.2) is 91.0 Å². The van der Waals surface area contributed by atoms with E-state index in [1.807, 2.05) is 6.07 Å². The van der Waals surface area contributed by atoms with Crippen LogP contribution < -0.4 is 9.47 Å². The maximum absolute atomic E-state index is 14.8. The van der Waals surface area contributed by atoms with E-state index in [1.165, 1.54) is 6.07 Å². The van der Waals surface area contributed by atoms with Crippen molar-refractivity contribution in [1.29, 1.82) is 0 Å². The van der Waals surface area contributed by atoms with Crippen LogP contribution in [0.1, 0.15) is 36.1 Å². The molecule has 0 aliphatic carbocycles. The molecule has 0 spiro atoms. The van der Waals surface area contributed by atoms with Gasteiger partial charge in [-0.3, -0.25) is 0 Å². The Morgan fingerprint density at radius 3 is 1.61 bits per heavy atom. The second-order valence-electron chi connectivity index (χ2n) is 8.72. The van der Waals surface area contributed by atoms with Gasteiger partial charge in [0.25, 0.3) is 0 Å². The summed E-state index contributed by atoms with van der Waals surface area (Å²) in [6.07, 6.45) is 0. The van der Waals surface area contributed by atoms with Gasteiger partial charge in [-0.2, -0.15) is 0 Å². The largest absolute Gasteiger partial charge is 0.489 e. The van der Waals surface area contributed by atoms with Crippen molar-refractivity contribution < 1.29 is 32.9 Å². The standard InChI is InChI=1S/C34H29FO6/c1-24(2)33(36)40-21-19-38-31-11-7-5-9-28(31)16-14-26-13-15-27(30(35)23-26)17-18-29-10-6-8-12-32(29)39-20-22-41-34(37)25(3)4/h5-13,15,23H,1,3,19-22H2,2,4H3. The van der Waals surface area contributed by atoms with Gasteiger partial charge in [0.05, 0.1) is 16.7 Å². The molecular formula is C34H29FO6. The Balaban J connectivity index is 1.65. The highest BCUT2D eigenvalue weighted by Gasteiger charge is 2.06. The van der Waals surface area contributed by atoms with E-state index >= 15 is 0 Å². The molecule has 0 aliphatic rings. The lowest BCUT2D eigenvalue weighted by molar-refractivity contribution is -0.140. The Morgan fingerprint density at radius 2 is 1.12 bits per heavy atom. The third-order valence-electron chi connectivity index (χ3n) is 5.26. The van der Waals surface area contributed by atoms with Gasteiger partial charge in [-0.15, -0.1) is 0 Å². The lowest BCUT2D eigenvalue weighted by Gasteiger charge is -2.09. The van der Waals surface area contributed by atoms with Crippen LogP contribution in [-0.2, 0) is 19.1 Å². The Labute approximate surface area is 239 Å². The SMILES string of the molecule is C=C(C)C(=O)OCCOc1ccccc1C#Cc1ccc(C#Cc2ccccc2OCCOC(=O)C(=C)C)c(F)c1. The minimum atomic E-state index is -0.515.